The lowest BCUT2D eigenvalue weighted by Crippen LogP contribution is -2.22. The first-order chi connectivity index (χ1) is 7.30. The summed E-state index contributed by atoms with van der Waals surface area (Å²) < 4.78 is 23.8. The standard InChI is InChI=1S/C9H15N3O3S/c1-11(2)9(13)4-5-12-7-8(6-10-12)16(3,14)15/h6-7H,4-5H2,1-3H3. The third-order valence-electron chi connectivity index (χ3n) is 2.09. The second kappa shape index (κ2) is 4.65. The van der Waals surface area contributed by atoms with Crippen LogP contribution in [0, 0.1) is 0 Å². The summed E-state index contributed by atoms with van der Waals surface area (Å²) in [6.07, 6.45) is 4.14. The van der Waals surface area contributed by atoms with Crippen LogP contribution in [0.5, 0.6) is 0 Å². The largest absolute Gasteiger partial charge is 0.349 e. The SMILES string of the molecule is CN(C)C(=O)CCn1cc(S(C)(=O)=O)cn1. The highest BCUT2D eigenvalue weighted by Gasteiger charge is 2.10. The van der Waals surface area contributed by atoms with Gasteiger partial charge in [-0.3, -0.25) is 9.48 Å². The highest BCUT2D eigenvalue weighted by Crippen LogP contribution is 2.06. The van der Waals surface area contributed by atoms with Crippen molar-refractivity contribution in [2.24, 2.45) is 0 Å². The molecule has 0 N–H and O–H groups in total. The summed E-state index contributed by atoms with van der Waals surface area (Å²) in [4.78, 5) is 12.9. The van der Waals surface area contributed by atoms with Crippen molar-refractivity contribution in [3.05, 3.63) is 12.4 Å². The molecule has 0 fully saturated rings. The van der Waals surface area contributed by atoms with Gasteiger partial charge in [0.1, 0.15) is 4.90 Å². The molecule has 7 heteroatoms. The topological polar surface area (TPSA) is 72.3 Å². The Balaban J connectivity index is 2.64. The van der Waals surface area contributed by atoms with Crippen molar-refractivity contribution in [1.29, 1.82) is 0 Å². The zero-order valence-corrected chi connectivity index (χ0v) is 10.4. The molecular formula is C9H15N3O3S. The molecule has 1 heterocycles. The normalized spacial score (nSPS) is 11.4. The average Bonchev–Trinajstić information content (AvgIpc) is 2.61. The number of hydrogen-bond donors (Lipinski definition) is 0. The van der Waals surface area contributed by atoms with E-state index in [4.69, 9.17) is 0 Å². The molecule has 0 unspecified atom stereocenters. The van der Waals surface area contributed by atoms with Crippen molar-refractivity contribution < 1.29 is 13.2 Å². The molecular weight excluding hydrogens is 230 g/mol. The van der Waals surface area contributed by atoms with Gasteiger partial charge in [0.05, 0.1) is 6.20 Å². The number of carbonyl (C=O) groups is 1. The Morgan fingerprint density at radius 1 is 1.50 bits per heavy atom. The van der Waals surface area contributed by atoms with E-state index in [1.54, 1.807) is 14.1 Å². The second-order valence-corrected chi connectivity index (χ2v) is 5.77. The lowest BCUT2D eigenvalue weighted by atomic mass is 10.4. The zero-order valence-electron chi connectivity index (χ0n) is 9.54. The van der Waals surface area contributed by atoms with Crippen LogP contribution in [-0.2, 0) is 21.2 Å². The molecule has 16 heavy (non-hydrogen) atoms. The first-order valence-electron chi connectivity index (χ1n) is 4.73. The van der Waals surface area contributed by atoms with Gasteiger partial charge in [0.2, 0.25) is 5.91 Å². The number of aromatic nitrogens is 2. The Bertz CT molecular complexity index is 476. The van der Waals surface area contributed by atoms with Crippen LogP contribution in [0.4, 0.5) is 0 Å². The maximum Gasteiger partial charge on any atom is 0.223 e. The maximum absolute atomic E-state index is 11.3. The van der Waals surface area contributed by atoms with Crippen molar-refractivity contribution in [3.8, 4) is 0 Å². The van der Waals surface area contributed by atoms with Gasteiger partial charge in [-0.25, -0.2) is 8.42 Å². The molecule has 0 atom stereocenters. The van der Waals surface area contributed by atoms with Crippen LogP contribution >= 0.6 is 0 Å². The van der Waals surface area contributed by atoms with E-state index in [9.17, 15) is 13.2 Å². The van der Waals surface area contributed by atoms with Crippen molar-refractivity contribution in [3.63, 3.8) is 0 Å². The van der Waals surface area contributed by atoms with Crippen LogP contribution in [0.25, 0.3) is 0 Å². The number of amides is 1. The third kappa shape index (κ3) is 3.34. The smallest absolute Gasteiger partial charge is 0.223 e. The molecule has 1 amide bonds. The highest BCUT2D eigenvalue weighted by atomic mass is 32.2. The molecule has 0 bridgehead atoms. The van der Waals surface area contributed by atoms with Crippen molar-refractivity contribution in [1.82, 2.24) is 14.7 Å². The van der Waals surface area contributed by atoms with E-state index in [1.807, 2.05) is 0 Å². The monoisotopic (exact) mass is 245 g/mol. The number of aryl methyl sites for hydroxylation is 1. The molecule has 1 rings (SSSR count). The van der Waals surface area contributed by atoms with Gasteiger partial charge < -0.3 is 4.90 Å². The van der Waals surface area contributed by atoms with Gasteiger partial charge in [0.25, 0.3) is 0 Å². The minimum Gasteiger partial charge on any atom is -0.349 e. The number of nitrogens with zero attached hydrogens (tertiary/aromatic N) is 3. The predicted octanol–water partition coefficient (Wildman–Crippen LogP) is -0.235. The molecule has 0 saturated carbocycles. The fourth-order valence-corrected chi connectivity index (χ4v) is 1.64. The fourth-order valence-electron chi connectivity index (χ4n) is 1.09. The Morgan fingerprint density at radius 2 is 2.12 bits per heavy atom. The zero-order chi connectivity index (χ0) is 12.3. The van der Waals surface area contributed by atoms with Crippen LogP contribution in [0.15, 0.2) is 17.3 Å². The number of sulfone groups is 1. The highest BCUT2D eigenvalue weighted by molar-refractivity contribution is 7.90. The van der Waals surface area contributed by atoms with Crippen LogP contribution in [-0.4, -0.2) is 49.4 Å². The number of rotatable bonds is 4. The predicted molar refractivity (Wildman–Crippen MR) is 58.6 cm³/mol. The van der Waals surface area contributed by atoms with Gasteiger partial charge >= 0.3 is 0 Å². The van der Waals surface area contributed by atoms with E-state index < -0.39 is 9.84 Å². The Hall–Kier alpha value is -1.37. The van der Waals surface area contributed by atoms with Crippen molar-refractivity contribution in [2.75, 3.05) is 20.4 Å². The van der Waals surface area contributed by atoms with Crippen LogP contribution in [0.2, 0.25) is 0 Å². The van der Waals surface area contributed by atoms with Gasteiger partial charge in [0.15, 0.2) is 9.84 Å². The molecule has 1 aromatic heterocycles. The summed E-state index contributed by atoms with van der Waals surface area (Å²) in [5, 5.41) is 3.88. The maximum atomic E-state index is 11.3. The number of hydrogen-bond acceptors (Lipinski definition) is 4. The van der Waals surface area contributed by atoms with Gasteiger partial charge in [-0.15, -0.1) is 0 Å². The first kappa shape index (κ1) is 12.7. The Morgan fingerprint density at radius 3 is 2.56 bits per heavy atom. The lowest BCUT2D eigenvalue weighted by Gasteiger charge is -2.09. The van der Waals surface area contributed by atoms with Crippen molar-refractivity contribution >= 4 is 15.7 Å². The molecule has 0 aliphatic rings. The molecule has 0 aliphatic carbocycles. The molecule has 0 spiro atoms. The quantitative estimate of drug-likeness (QED) is 0.734. The van der Waals surface area contributed by atoms with Crippen molar-refractivity contribution in [2.45, 2.75) is 17.9 Å². The summed E-state index contributed by atoms with van der Waals surface area (Å²) in [5.74, 6) is -0.0172. The molecule has 0 radical (unpaired) electrons. The van der Waals surface area contributed by atoms with E-state index in [-0.39, 0.29) is 10.8 Å². The lowest BCUT2D eigenvalue weighted by molar-refractivity contribution is -0.128. The number of carbonyl (C=O) groups excluding carboxylic acids is 1. The Kier molecular flexibility index (Phi) is 3.69. The van der Waals surface area contributed by atoms with Crippen LogP contribution < -0.4 is 0 Å². The van der Waals surface area contributed by atoms with Gasteiger partial charge in [0, 0.05) is 39.5 Å². The van der Waals surface area contributed by atoms with Gasteiger partial charge in [-0.2, -0.15) is 5.10 Å². The summed E-state index contributed by atoms with van der Waals surface area (Å²) in [6, 6.07) is 0. The minimum atomic E-state index is -3.22. The van der Waals surface area contributed by atoms with Crippen LogP contribution in [0.3, 0.4) is 0 Å². The summed E-state index contributed by atoms with van der Waals surface area (Å²) in [5.41, 5.74) is 0. The summed E-state index contributed by atoms with van der Waals surface area (Å²) >= 11 is 0. The molecule has 0 aromatic carbocycles. The molecule has 6 nitrogen and oxygen atoms in total. The average molecular weight is 245 g/mol. The van der Waals surface area contributed by atoms with Gasteiger partial charge in [-0.1, -0.05) is 0 Å². The first-order valence-corrected chi connectivity index (χ1v) is 6.62. The minimum absolute atomic E-state index is 0.0172. The molecule has 1 aromatic rings. The van der Waals surface area contributed by atoms with E-state index in [0.29, 0.717) is 13.0 Å². The van der Waals surface area contributed by atoms with Gasteiger partial charge in [-0.05, 0) is 0 Å². The summed E-state index contributed by atoms with van der Waals surface area (Å²) in [6.45, 7) is 0.381. The van der Waals surface area contributed by atoms with E-state index in [1.165, 1.54) is 22.0 Å². The fraction of sp³-hybridized carbons (Fsp3) is 0.556. The van der Waals surface area contributed by atoms with E-state index in [0.717, 1.165) is 6.26 Å². The third-order valence-corrected chi connectivity index (χ3v) is 3.16. The Labute approximate surface area is 94.8 Å². The van der Waals surface area contributed by atoms with Crippen LogP contribution in [0.1, 0.15) is 6.42 Å². The second-order valence-electron chi connectivity index (χ2n) is 3.75. The molecule has 90 valence electrons. The molecule has 0 saturated heterocycles. The van der Waals surface area contributed by atoms with E-state index in [2.05, 4.69) is 5.10 Å². The molecule has 0 aliphatic heterocycles. The summed E-state index contributed by atoms with van der Waals surface area (Å²) in [7, 11) is 0.132. The van der Waals surface area contributed by atoms with E-state index >= 15 is 0 Å².